The molecule has 0 saturated heterocycles. The van der Waals surface area contributed by atoms with Crippen LogP contribution in [0.1, 0.15) is 26.5 Å². The smallest absolute Gasteiger partial charge is 0.291 e. The maximum absolute atomic E-state index is 12.0. The van der Waals surface area contributed by atoms with Gasteiger partial charge in [0.15, 0.2) is 5.76 Å². The maximum atomic E-state index is 12.0. The van der Waals surface area contributed by atoms with Crippen molar-refractivity contribution in [3.8, 4) is 0 Å². The molecule has 0 aliphatic carbocycles. The molecule has 3 rings (SSSR count). The van der Waals surface area contributed by atoms with Gasteiger partial charge < -0.3 is 20.4 Å². The van der Waals surface area contributed by atoms with E-state index in [4.69, 9.17) is 16.0 Å². The summed E-state index contributed by atoms with van der Waals surface area (Å²) in [5.74, 6) is -0.880. The van der Waals surface area contributed by atoms with Crippen LogP contribution in [0.15, 0.2) is 71.3 Å². The first-order valence-electron chi connectivity index (χ1n) is 8.75. The molecule has 29 heavy (non-hydrogen) atoms. The molecule has 7 nitrogen and oxygen atoms in total. The largest absolute Gasteiger partial charge is 0.459 e. The minimum atomic E-state index is -0.384. The third kappa shape index (κ3) is 5.95. The predicted molar refractivity (Wildman–Crippen MR) is 109 cm³/mol. The van der Waals surface area contributed by atoms with Crippen LogP contribution in [0.5, 0.6) is 0 Å². The van der Waals surface area contributed by atoms with E-state index < -0.39 is 0 Å². The second kappa shape index (κ2) is 9.57. The summed E-state index contributed by atoms with van der Waals surface area (Å²) in [6.45, 7) is 0.0800. The third-order valence-electron chi connectivity index (χ3n) is 3.92. The molecule has 8 heteroatoms. The molecule has 0 atom stereocenters. The van der Waals surface area contributed by atoms with Crippen molar-refractivity contribution in [2.24, 2.45) is 0 Å². The van der Waals surface area contributed by atoms with Crippen LogP contribution < -0.4 is 16.0 Å². The number of carbonyl (C=O) groups excluding carboxylic acids is 3. The Bertz CT molecular complexity index is 1020. The lowest BCUT2D eigenvalue weighted by molar-refractivity contribution is -0.120. The summed E-state index contributed by atoms with van der Waals surface area (Å²) in [5.41, 5.74) is 1.74. The summed E-state index contributed by atoms with van der Waals surface area (Å²) in [6, 6.07) is 16.7. The molecule has 1 heterocycles. The van der Waals surface area contributed by atoms with Gasteiger partial charge in [0.2, 0.25) is 5.91 Å². The topological polar surface area (TPSA) is 100 Å². The van der Waals surface area contributed by atoms with Crippen LogP contribution >= 0.6 is 11.6 Å². The molecule has 0 bridgehead atoms. The van der Waals surface area contributed by atoms with Gasteiger partial charge in [0.25, 0.3) is 11.8 Å². The molecule has 3 aromatic rings. The van der Waals surface area contributed by atoms with Gasteiger partial charge in [-0.3, -0.25) is 14.4 Å². The fourth-order valence-corrected chi connectivity index (χ4v) is 2.71. The zero-order chi connectivity index (χ0) is 20.6. The molecule has 0 aliphatic heterocycles. The number of amides is 3. The Kier molecular flexibility index (Phi) is 6.65. The molecule has 3 N–H and O–H groups in total. The molecule has 0 radical (unpaired) electrons. The molecule has 0 saturated carbocycles. The van der Waals surface area contributed by atoms with E-state index in [1.165, 1.54) is 12.3 Å². The van der Waals surface area contributed by atoms with Crippen LogP contribution in [0, 0.1) is 0 Å². The minimum absolute atomic E-state index is 0.166. The van der Waals surface area contributed by atoms with Gasteiger partial charge >= 0.3 is 0 Å². The Morgan fingerprint density at radius 3 is 2.48 bits per heavy atom. The highest BCUT2D eigenvalue weighted by Crippen LogP contribution is 2.13. The third-order valence-corrected chi connectivity index (χ3v) is 4.15. The normalized spacial score (nSPS) is 10.2. The van der Waals surface area contributed by atoms with Crippen LogP contribution in [0.2, 0.25) is 5.02 Å². The first-order chi connectivity index (χ1) is 14.0. The summed E-state index contributed by atoms with van der Waals surface area (Å²) in [5, 5.41) is 8.42. The van der Waals surface area contributed by atoms with E-state index in [2.05, 4.69) is 16.0 Å². The quantitative estimate of drug-likeness (QED) is 0.555. The lowest BCUT2D eigenvalue weighted by Gasteiger charge is -2.09. The monoisotopic (exact) mass is 411 g/mol. The van der Waals surface area contributed by atoms with Crippen LogP contribution in [0.4, 0.5) is 5.69 Å². The number of hydrogen-bond donors (Lipinski definition) is 3. The van der Waals surface area contributed by atoms with Crippen LogP contribution in [0.3, 0.4) is 0 Å². The molecule has 2 aromatic carbocycles. The number of hydrogen-bond acceptors (Lipinski definition) is 4. The second-order valence-electron chi connectivity index (χ2n) is 6.10. The Hall–Kier alpha value is -3.58. The highest BCUT2D eigenvalue weighted by atomic mass is 35.5. The molecule has 0 aliphatic rings. The van der Waals surface area contributed by atoms with E-state index in [0.29, 0.717) is 16.3 Å². The van der Waals surface area contributed by atoms with Gasteiger partial charge in [0.05, 0.1) is 12.8 Å². The van der Waals surface area contributed by atoms with Gasteiger partial charge in [-0.1, -0.05) is 29.8 Å². The zero-order valence-electron chi connectivity index (χ0n) is 15.3. The van der Waals surface area contributed by atoms with Gasteiger partial charge in [0.1, 0.15) is 0 Å². The fourth-order valence-electron chi connectivity index (χ4n) is 2.51. The van der Waals surface area contributed by atoms with E-state index in [1.807, 2.05) is 6.07 Å². The molecule has 148 valence electrons. The lowest BCUT2D eigenvalue weighted by Crippen LogP contribution is -2.36. The maximum Gasteiger partial charge on any atom is 0.291 e. The predicted octanol–water partition coefficient (Wildman–Crippen LogP) is 3.23. The van der Waals surface area contributed by atoms with Crippen LogP contribution in [0.25, 0.3) is 0 Å². The van der Waals surface area contributed by atoms with Crippen molar-refractivity contribution in [2.45, 2.75) is 6.54 Å². The number of carbonyl (C=O) groups is 3. The molecule has 0 fully saturated rings. The first kappa shape index (κ1) is 20.2. The molecular weight excluding hydrogens is 394 g/mol. The number of rotatable bonds is 7. The summed E-state index contributed by atoms with van der Waals surface area (Å²) < 4.78 is 5.05. The van der Waals surface area contributed by atoms with Gasteiger partial charge in [0, 0.05) is 22.8 Å². The van der Waals surface area contributed by atoms with Crippen molar-refractivity contribution in [2.75, 3.05) is 11.9 Å². The highest BCUT2D eigenvalue weighted by molar-refractivity contribution is 6.31. The van der Waals surface area contributed by atoms with Crippen LogP contribution in [-0.4, -0.2) is 24.3 Å². The Morgan fingerprint density at radius 2 is 1.72 bits per heavy atom. The standard InChI is InChI=1S/C21H18ClN3O4/c22-16-6-2-5-15(11-16)20(27)24-13-19(26)23-12-14-4-1-7-17(10-14)25-21(28)18-8-3-9-29-18/h1-11H,12-13H2,(H,23,26)(H,24,27)(H,25,28). The Balaban J connectivity index is 1.47. The van der Waals surface area contributed by atoms with E-state index in [1.54, 1.807) is 48.5 Å². The number of benzene rings is 2. The van der Waals surface area contributed by atoms with Crippen molar-refractivity contribution < 1.29 is 18.8 Å². The average molecular weight is 412 g/mol. The minimum Gasteiger partial charge on any atom is -0.459 e. The van der Waals surface area contributed by atoms with Crippen molar-refractivity contribution in [1.82, 2.24) is 10.6 Å². The summed E-state index contributed by atoms with van der Waals surface area (Å²) in [6.07, 6.45) is 1.42. The number of furan rings is 1. The second-order valence-corrected chi connectivity index (χ2v) is 6.54. The van der Waals surface area contributed by atoms with E-state index >= 15 is 0 Å². The fraction of sp³-hybridized carbons (Fsp3) is 0.0952. The van der Waals surface area contributed by atoms with Gasteiger partial charge in [-0.2, -0.15) is 0 Å². The Labute approximate surface area is 172 Å². The average Bonchev–Trinajstić information content (AvgIpc) is 3.26. The van der Waals surface area contributed by atoms with E-state index in [-0.39, 0.29) is 36.6 Å². The first-order valence-corrected chi connectivity index (χ1v) is 9.13. The molecular formula is C21H18ClN3O4. The van der Waals surface area contributed by atoms with Crippen LogP contribution in [-0.2, 0) is 11.3 Å². The van der Waals surface area contributed by atoms with Gasteiger partial charge in [-0.25, -0.2) is 0 Å². The number of nitrogens with one attached hydrogen (secondary N) is 3. The molecule has 3 amide bonds. The van der Waals surface area contributed by atoms with Crippen molar-refractivity contribution >= 4 is 35.0 Å². The lowest BCUT2D eigenvalue weighted by atomic mass is 10.2. The van der Waals surface area contributed by atoms with Crippen molar-refractivity contribution in [3.05, 3.63) is 88.8 Å². The summed E-state index contributed by atoms with van der Waals surface area (Å²) >= 11 is 5.85. The van der Waals surface area contributed by atoms with Gasteiger partial charge in [-0.05, 0) is 48.0 Å². The highest BCUT2D eigenvalue weighted by Gasteiger charge is 2.10. The molecule has 1 aromatic heterocycles. The summed E-state index contributed by atoms with van der Waals surface area (Å²) in [4.78, 5) is 36.0. The van der Waals surface area contributed by atoms with Gasteiger partial charge in [-0.15, -0.1) is 0 Å². The molecule has 0 unspecified atom stereocenters. The SMILES string of the molecule is O=C(CNC(=O)c1cccc(Cl)c1)NCc1cccc(NC(=O)c2ccco2)c1. The van der Waals surface area contributed by atoms with Crippen molar-refractivity contribution in [1.29, 1.82) is 0 Å². The van der Waals surface area contributed by atoms with E-state index in [9.17, 15) is 14.4 Å². The van der Waals surface area contributed by atoms with Crippen molar-refractivity contribution in [3.63, 3.8) is 0 Å². The van der Waals surface area contributed by atoms with E-state index in [0.717, 1.165) is 5.56 Å². The summed E-state index contributed by atoms with van der Waals surface area (Å²) in [7, 11) is 0. The Morgan fingerprint density at radius 1 is 0.897 bits per heavy atom. The number of anilines is 1. The zero-order valence-corrected chi connectivity index (χ0v) is 16.0. The number of halogens is 1. The molecule has 0 spiro atoms.